The van der Waals surface area contributed by atoms with Gasteiger partial charge < -0.3 is 10.1 Å². The van der Waals surface area contributed by atoms with Crippen LogP contribution in [-0.4, -0.2) is 19.1 Å². The van der Waals surface area contributed by atoms with Crippen LogP contribution in [0.5, 0.6) is 5.75 Å². The van der Waals surface area contributed by atoms with Crippen molar-refractivity contribution in [3.63, 3.8) is 0 Å². The number of hydrogen-bond acceptors (Lipinski definition) is 2. The number of amides is 1. The molecule has 0 unspecified atom stereocenters. The molecule has 0 aliphatic carbocycles. The first kappa shape index (κ1) is 16.6. The standard InChI is InChI=1S/C19H18FNO2/c1-14-9-10-16(13-15(14)2)19(22)21-11-5-6-12-23-18-8-4-3-7-17(18)20/h3-4,7-10,13H,11-12H2,1-2H3,(H,21,22). The predicted molar refractivity (Wildman–Crippen MR) is 87.9 cm³/mol. The summed E-state index contributed by atoms with van der Waals surface area (Å²) in [4.78, 5) is 11.9. The Bertz CT molecular complexity index is 759. The van der Waals surface area contributed by atoms with Gasteiger partial charge in [-0.25, -0.2) is 4.39 Å². The Balaban J connectivity index is 1.78. The Morgan fingerprint density at radius 3 is 2.65 bits per heavy atom. The molecule has 0 atom stereocenters. The van der Waals surface area contributed by atoms with Crippen LogP contribution >= 0.6 is 0 Å². The highest BCUT2D eigenvalue weighted by Gasteiger charge is 2.04. The number of carbonyl (C=O) groups excluding carboxylic acids is 1. The van der Waals surface area contributed by atoms with Crippen molar-refractivity contribution >= 4 is 5.91 Å². The number of halogens is 1. The van der Waals surface area contributed by atoms with Crippen LogP contribution in [0.25, 0.3) is 0 Å². The van der Waals surface area contributed by atoms with Crippen molar-refractivity contribution in [1.29, 1.82) is 0 Å². The second kappa shape index (κ2) is 8.00. The molecule has 2 aromatic rings. The Kier molecular flexibility index (Phi) is 5.76. The van der Waals surface area contributed by atoms with Crippen molar-refractivity contribution in [1.82, 2.24) is 5.32 Å². The van der Waals surface area contributed by atoms with Gasteiger partial charge in [0.25, 0.3) is 5.91 Å². The fraction of sp³-hybridized carbons (Fsp3) is 0.211. The molecule has 23 heavy (non-hydrogen) atoms. The molecule has 1 N–H and O–H groups in total. The van der Waals surface area contributed by atoms with E-state index >= 15 is 0 Å². The summed E-state index contributed by atoms with van der Waals surface area (Å²) >= 11 is 0. The molecule has 0 saturated heterocycles. The molecular formula is C19H18FNO2. The normalized spacial score (nSPS) is 9.70. The molecule has 1 amide bonds. The molecule has 118 valence electrons. The molecule has 0 fully saturated rings. The summed E-state index contributed by atoms with van der Waals surface area (Å²) in [6.45, 7) is 4.25. The van der Waals surface area contributed by atoms with Crippen LogP contribution in [0.3, 0.4) is 0 Å². The van der Waals surface area contributed by atoms with Crippen LogP contribution in [-0.2, 0) is 0 Å². The average Bonchev–Trinajstić information content (AvgIpc) is 2.54. The Morgan fingerprint density at radius 2 is 1.91 bits per heavy atom. The van der Waals surface area contributed by atoms with E-state index in [1.165, 1.54) is 6.07 Å². The van der Waals surface area contributed by atoms with Gasteiger partial charge in [0, 0.05) is 5.56 Å². The molecule has 0 heterocycles. The Labute approximate surface area is 135 Å². The monoisotopic (exact) mass is 311 g/mol. The SMILES string of the molecule is Cc1ccc(C(=O)NCC#CCOc2ccccc2F)cc1C. The second-order valence-electron chi connectivity index (χ2n) is 5.05. The maximum Gasteiger partial charge on any atom is 0.252 e. The van der Waals surface area contributed by atoms with Gasteiger partial charge in [0.2, 0.25) is 0 Å². The maximum atomic E-state index is 13.3. The van der Waals surface area contributed by atoms with Crippen LogP contribution in [0.15, 0.2) is 42.5 Å². The van der Waals surface area contributed by atoms with E-state index in [0.29, 0.717) is 5.56 Å². The van der Waals surface area contributed by atoms with Crippen LogP contribution < -0.4 is 10.1 Å². The molecular weight excluding hydrogens is 293 g/mol. The van der Waals surface area contributed by atoms with Crippen LogP contribution in [0.4, 0.5) is 4.39 Å². The Morgan fingerprint density at radius 1 is 1.13 bits per heavy atom. The minimum Gasteiger partial charge on any atom is -0.478 e. The summed E-state index contributed by atoms with van der Waals surface area (Å²) in [7, 11) is 0. The van der Waals surface area contributed by atoms with Crippen LogP contribution in [0.2, 0.25) is 0 Å². The van der Waals surface area contributed by atoms with Gasteiger partial charge in [0.05, 0.1) is 6.54 Å². The number of carbonyl (C=O) groups is 1. The fourth-order valence-electron chi connectivity index (χ4n) is 1.90. The van der Waals surface area contributed by atoms with Gasteiger partial charge in [-0.2, -0.15) is 0 Å². The van der Waals surface area contributed by atoms with Crippen molar-refractivity contribution in [2.75, 3.05) is 13.2 Å². The van der Waals surface area contributed by atoms with E-state index in [9.17, 15) is 9.18 Å². The molecule has 0 spiro atoms. The van der Waals surface area contributed by atoms with Crippen LogP contribution in [0.1, 0.15) is 21.5 Å². The van der Waals surface area contributed by atoms with E-state index < -0.39 is 5.82 Å². The highest BCUT2D eigenvalue weighted by atomic mass is 19.1. The first-order valence-electron chi connectivity index (χ1n) is 7.26. The van der Waals surface area contributed by atoms with E-state index in [2.05, 4.69) is 17.2 Å². The molecule has 3 nitrogen and oxygen atoms in total. The number of ether oxygens (including phenoxy) is 1. The molecule has 2 aromatic carbocycles. The zero-order chi connectivity index (χ0) is 16.7. The van der Waals surface area contributed by atoms with Crippen LogP contribution in [0, 0.1) is 31.5 Å². The van der Waals surface area contributed by atoms with E-state index in [-0.39, 0.29) is 24.8 Å². The zero-order valence-corrected chi connectivity index (χ0v) is 13.2. The first-order valence-corrected chi connectivity index (χ1v) is 7.26. The minimum absolute atomic E-state index is 0.0699. The van der Waals surface area contributed by atoms with Gasteiger partial charge in [-0.3, -0.25) is 4.79 Å². The fourth-order valence-corrected chi connectivity index (χ4v) is 1.90. The van der Waals surface area contributed by atoms with Gasteiger partial charge in [0.1, 0.15) is 6.61 Å². The van der Waals surface area contributed by atoms with E-state index in [0.717, 1.165) is 11.1 Å². The van der Waals surface area contributed by atoms with Gasteiger partial charge in [-0.1, -0.05) is 30.0 Å². The third-order valence-electron chi connectivity index (χ3n) is 3.37. The number of rotatable bonds is 4. The molecule has 0 saturated carbocycles. The van der Waals surface area contributed by atoms with Crippen molar-refractivity contribution < 1.29 is 13.9 Å². The third kappa shape index (κ3) is 4.86. The number of para-hydroxylation sites is 1. The lowest BCUT2D eigenvalue weighted by molar-refractivity contribution is 0.0958. The summed E-state index contributed by atoms with van der Waals surface area (Å²) in [5, 5.41) is 2.71. The van der Waals surface area contributed by atoms with Crippen molar-refractivity contribution in [3.05, 3.63) is 65.0 Å². The first-order chi connectivity index (χ1) is 11.1. The molecule has 0 aromatic heterocycles. The van der Waals surface area contributed by atoms with Gasteiger partial charge in [0.15, 0.2) is 11.6 Å². The van der Waals surface area contributed by atoms with Gasteiger partial charge in [-0.05, 0) is 49.2 Å². The predicted octanol–water partition coefficient (Wildman–Crippen LogP) is 3.25. The second-order valence-corrected chi connectivity index (χ2v) is 5.05. The third-order valence-corrected chi connectivity index (χ3v) is 3.37. The summed E-state index contributed by atoms with van der Waals surface area (Å²) in [5.41, 5.74) is 2.83. The van der Waals surface area contributed by atoms with Gasteiger partial charge in [-0.15, -0.1) is 0 Å². The van der Waals surface area contributed by atoms with E-state index in [1.54, 1.807) is 24.3 Å². The minimum atomic E-state index is -0.419. The lowest BCUT2D eigenvalue weighted by Crippen LogP contribution is -2.23. The molecule has 0 aliphatic rings. The van der Waals surface area contributed by atoms with Crippen molar-refractivity contribution in [2.24, 2.45) is 0 Å². The summed E-state index contributed by atoms with van der Waals surface area (Å²) in [5.74, 6) is 5.09. The van der Waals surface area contributed by atoms with E-state index in [1.807, 2.05) is 26.0 Å². The van der Waals surface area contributed by atoms with E-state index in [4.69, 9.17) is 4.74 Å². The van der Waals surface area contributed by atoms with Crippen molar-refractivity contribution in [3.8, 4) is 17.6 Å². The number of benzene rings is 2. The van der Waals surface area contributed by atoms with Crippen molar-refractivity contribution in [2.45, 2.75) is 13.8 Å². The summed E-state index contributed by atoms with van der Waals surface area (Å²) in [6.07, 6.45) is 0. The highest BCUT2D eigenvalue weighted by molar-refractivity contribution is 5.94. The maximum absolute atomic E-state index is 13.3. The topological polar surface area (TPSA) is 38.3 Å². The molecule has 2 rings (SSSR count). The highest BCUT2D eigenvalue weighted by Crippen LogP contribution is 2.14. The largest absolute Gasteiger partial charge is 0.478 e. The molecule has 0 radical (unpaired) electrons. The number of aryl methyl sites for hydroxylation is 2. The lowest BCUT2D eigenvalue weighted by Gasteiger charge is -2.05. The Hall–Kier alpha value is -2.80. The lowest BCUT2D eigenvalue weighted by atomic mass is 10.1. The van der Waals surface area contributed by atoms with Gasteiger partial charge >= 0.3 is 0 Å². The quantitative estimate of drug-likeness (QED) is 0.880. The number of nitrogens with one attached hydrogen (secondary N) is 1. The summed E-state index contributed by atoms with van der Waals surface area (Å²) in [6, 6.07) is 11.7. The smallest absolute Gasteiger partial charge is 0.252 e. The molecule has 4 heteroatoms. The average molecular weight is 311 g/mol. The molecule has 0 aliphatic heterocycles. The summed E-state index contributed by atoms with van der Waals surface area (Å²) < 4.78 is 18.5. The zero-order valence-electron chi connectivity index (χ0n) is 13.2. The molecule has 0 bridgehead atoms. The number of hydrogen-bond donors (Lipinski definition) is 1.